The number of benzene rings is 1. The monoisotopic (exact) mass is 361 g/mol. The molecule has 0 aromatic heterocycles. The summed E-state index contributed by atoms with van der Waals surface area (Å²) in [4.78, 5) is 2.05. The third-order valence-electron chi connectivity index (χ3n) is 3.85. The van der Waals surface area contributed by atoms with Crippen LogP contribution in [0.5, 0.6) is 0 Å². The van der Waals surface area contributed by atoms with E-state index >= 15 is 0 Å². The first kappa shape index (κ1) is 15.9. The van der Waals surface area contributed by atoms with Gasteiger partial charge >= 0.3 is 0 Å². The van der Waals surface area contributed by atoms with E-state index in [4.69, 9.17) is 0 Å². The van der Waals surface area contributed by atoms with Crippen LogP contribution in [0, 0.1) is 0 Å². The maximum absolute atomic E-state index is 11.5. The molecule has 1 aliphatic heterocycles. The molecule has 0 radical (unpaired) electrons. The maximum atomic E-state index is 11.5. The first-order valence-corrected chi connectivity index (χ1v) is 9.33. The Hall–Kier alpha value is -0.430. The van der Waals surface area contributed by atoms with Crippen LogP contribution in [0.2, 0.25) is 0 Å². The largest absolute Gasteiger partial charge is 0.388 e. The second kappa shape index (κ2) is 6.56. The molecule has 4 nitrogen and oxygen atoms in total. The molecule has 1 aromatic rings. The van der Waals surface area contributed by atoms with Crippen molar-refractivity contribution in [2.75, 3.05) is 25.1 Å². The van der Waals surface area contributed by atoms with Gasteiger partial charge in [-0.1, -0.05) is 34.1 Å². The van der Waals surface area contributed by atoms with Crippen molar-refractivity contribution in [2.45, 2.75) is 25.0 Å². The summed E-state index contributed by atoms with van der Waals surface area (Å²) in [5, 5.41) is 10.2. The predicted molar refractivity (Wildman–Crippen MR) is 83.4 cm³/mol. The Morgan fingerprint density at radius 2 is 2.15 bits per heavy atom. The zero-order valence-electron chi connectivity index (χ0n) is 11.5. The van der Waals surface area contributed by atoms with Crippen molar-refractivity contribution in [3.8, 4) is 0 Å². The number of halogens is 1. The number of sulfone groups is 1. The fourth-order valence-electron chi connectivity index (χ4n) is 2.53. The van der Waals surface area contributed by atoms with Gasteiger partial charge in [0.05, 0.1) is 17.6 Å². The summed E-state index contributed by atoms with van der Waals surface area (Å²) in [5.74, 6) is 0.531. The molecule has 0 bridgehead atoms. The third-order valence-corrected chi connectivity index (χ3v) is 6.32. The molecule has 20 heavy (non-hydrogen) atoms. The number of hydrogen-bond acceptors (Lipinski definition) is 4. The molecule has 1 aromatic carbocycles. The van der Waals surface area contributed by atoms with Gasteiger partial charge in [-0.05, 0) is 31.5 Å². The van der Waals surface area contributed by atoms with Gasteiger partial charge in [0.15, 0.2) is 9.84 Å². The molecule has 1 aliphatic rings. The van der Waals surface area contributed by atoms with Crippen molar-refractivity contribution >= 4 is 25.8 Å². The molecule has 1 heterocycles. The lowest BCUT2D eigenvalue weighted by atomic mass is 10.1. The van der Waals surface area contributed by atoms with Crippen molar-refractivity contribution in [3.05, 3.63) is 34.3 Å². The van der Waals surface area contributed by atoms with Gasteiger partial charge in [0.2, 0.25) is 0 Å². The van der Waals surface area contributed by atoms with E-state index < -0.39 is 15.9 Å². The van der Waals surface area contributed by atoms with Crippen LogP contribution in [-0.2, 0) is 9.84 Å². The first-order valence-electron chi connectivity index (χ1n) is 6.72. The van der Waals surface area contributed by atoms with E-state index in [1.165, 1.54) is 0 Å². The molecule has 1 fully saturated rings. The minimum absolute atomic E-state index is 0.0893. The molecule has 2 rings (SSSR count). The van der Waals surface area contributed by atoms with Crippen molar-refractivity contribution in [2.24, 2.45) is 0 Å². The lowest BCUT2D eigenvalue weighted by molar-refractivity contribution is 0.139. The summed E-state index contributed by atoms with van der Waals surface area (Å²) < 4.78 is 23.8. The molecule has 0 amide bonds. The third kappa shape index (κ3) is 4.04. The first-order chi connectivity index (χ1) is 9.39. The maximum Gasteiger partial charge on any atom is 0.151 e. The quantitative estimate of drug-likeness (QED) is 0.871. The van der Waals surface area contributed by atoms with E-state index in [-0.39, 0.29) is 17.5 Å². The van der Waals surface area contributed by atoms with E-state index in [1.807, 2.05) is 36.2 Å². The molecule has 1 N–H and O–H groups in total. The summed E-state index contributed by atoms with van der Waals surface area (Å²) >= 11 is 3.43. The van der Waals surface area contributed by atoms with Crippen molar-refractivity contribution < 1.29 is 13.5 Å². The fraction of sp³-hybridized carbons (Fsp3) is 0.571. The normalized spacial score (nSPS) is 23.1. The van der Waals surface area contributed by atoms with Gasteiger partial charge in [-0.3, -0.25) is 0 Å². The van der Waals surface area contributed by atoms with Gasteiger partial charge in [-0.25, -0.2) is 8.42 Å². The molecule has 2 unspecified atom stereocenters. The number of nitrogens with zero attached hydrogens (tertiary/aromatic N) is 1. The van der Waals surface area contributed by atoms with Crippen LogP contribution < -0.4 is 0 Å². The summed E-state index contributed by atoms with van der Waals surface area (Å²) in [6, 6.07) is 7.71. The van der Waals surface area contributed by atoms with Crippen LogP contribution in [-0.4, -0.2) is 49.6 Å². The number of rotatable bonds is 5. The van der Waals surface area contributed by atoms with Crippen LogP contribution in [0.3, 0.4) is 0 Å². The van der Waals surface area contributed by atoms with E-state index in [1.54, 1.807) is 0 Å². The van der Waals surface area contributed by atoms with Gasteiger partial charge < -0.3 is 10.0 Å². The van der Waals surface area contributed by atoms with Crippen molar-refractivity contribution in [1.82, 2.24) is 4.90 Å². The molecule has 0 spiro atoms. The van der Waals surface area contributed by atoms with Crippen LogP contribution in [0.25, 0.3) is 0 Å². The Morgan fingerprint density at radius 3 is 2.75 bits per heavy atom. The van der Waals surface area contributed by atoms with Crippen LogP contribution in [0.15, 0.2) is 28.7 Å². The highest BCUT2D eigenvalue weighted by Gasteiger charge is 2.30. The smallest absolute Gasteiger partial charge is 0.151 e. The average Bonchev–Trinajstić information content (AvgIpc) is 2.76. The molecule has 0 saturated carbocycles. The van der Waals surface area contributed by atoms with E-state index in [9.17, 15) is 13.5 Å². The minimum atomic E-state index is -2.85. The van der Waals surface area contributed by atoms with Crippen molar-refractivity contribution in [3.63, 3.8) is 0 Å². The van der Waals surface area contributed by atoms with E-state index in [0.29, 0.717) is 19.4 Å². The van der Waals surface area contributed by atoms with Gasteiger partial charge in [-0.15, -0.1) is 0 Å². The highest BCUT2D eigenvalue weighted by Crippen LogP contribution is 2.26. The Labute approximate surface area is 128 Å². The Morgan fingerprint density at radius 1 is 1.45 bits per heavy atom. The predicted octanol–water partition coefficient (Wildman–Crippen LogP) is 1.99. The second-order valence-electron chi connectivity index (χ2n) is 5.36. The lowest BCUT2D eigenvalue weighted by Gasteiger charge is -2.24. The number of hydrogen-bond donors (Lipinski definition) is 1. The highest BCUT2D eigenvalue weighted by atomic mass is 79.9. The van der Waals surface area contributed by atoms with Crippen LogP contribution in [0.4, 0.5) is 0 Å². The summed E-state index contributed by atoms with van der Waals surface area (Å²) in [6.07, 6.45) is 0.755. The molecule has 0 aliphatic carbocycles. The number of aliphatic hydroxyl groups is 1. The van der Waals surface area contributed by atoms with Crippen LogP contribution in [0.1, 0.15) is 24.5 Å². The van der Waals surface area contributed by atoms with Gasteiger partial charge in [0, 0.05) is 17.1 Å². The molecular formula is C14H20BrNO3S. The Kier molecular flexibility index (Phi) is 5.23. The Balaban J connectivity index is 1.88. The lowest BCUT2D eigenvalue weighted by Crippen LogP contribution is -2.34. The minimum Gasteiger partial charge on any atom is -0.388 e. The molecule has 6 heteroatoms. The van der Waals surface area contributed by atoms with E-state index in [0.717, 1.165) is 10.0 Å². The van der Waals surface area contributed by atoms with Gasteiger partial charge in [0.25, 0.3) is 0 Å². The highest BCUT2D eigenvalue weighted by molar-refractivity contribution is 9.10. The van der Waals surface area contributed by atoms with Crippen LogP contribution >= 0.6 is 15.9 Å². The molecule has 2 atom stereocenters. The SMILES string of the molecule is CN(CCC(O)c1ccccc1Br)C1CCS(=O)(=O)C1. The summed E-state index contributed by atoms with van der Waals surface area (Å²) in [6.45, 7) is 0.683. The van der Waals surface area contributed by atoms with Gasteiger partial charge in [0.1, 0.15) is 0 Å². The Bertz CT molecular complexity index is 561. The van der Waals surface area contributed by atoms with E-state index in [2.05, 4.69) is 15.9 Å². The summed E-state index contributed by atoms with van der Waals surface area (Å²) in [7, 11) is -0.921. The molecule has 112 valence electrons. The van der Waals surface area contributed by atoms with Gasteiger partial charge in [-0.2, -0.15) is 0 Å². The fourth-order valence-corrected chi connectivity index (χ4v) is 4.89. The zero-order chi connectivity index (χ0) is 14.8. The summed E-state index contributed by atoms with van der Waals surface area (Å²) in [5.41, 5.74) is 0.875. The molecule has 1 saturated heterocycles. The average molecular weight is 362 g/mol. The molecular weight excluding hydrogens is 342 g/mol. The topological polar surface area (TPSA) is 57.6 Å². The standard InChI is InChI=1S/C14H20BrNO3S/c1-16(11-7-9-20(18,19)10-11)8-6-14(17)12-4-2-3-5-13(12)15/h2-5,11,14,17H,6-10H2,1H3. The number of aliphatic hydroxyl groups excluding tert-OH is 1. The zero-order valence-corrected chi connectivity index (χ0v) is 13.9. The van der Waals surface area contributed by atoms with Crippen molar-refractivity contribution in [1.29, 1.82) is 0 Å². The second-order valence-corrected chi connectivity index (χ2v) is 8.45.